The van der Waals surface area contributed by atoms with Crippen molar-refractivity contribution in [2.24, 2.45) is 5.92 Å². The van der Waals surface area contributed by atoms with Crippen molar-refractivity contribution in [1.29, 1.82) is 0 Å². The molecule has 1 saturated carbocycles. The Labute approximate surface area is 201 Å². The molecule has 0 radical (unpaired) electrons. The van der Waals surface area contributed by atoms with Crippen molar-refractivity contribution >= 4 is 18.0 Å². The van der Waals surface area contributed by atoms with Crippen LogP contribution in [0.1, 0.15) is 49.1 Å². The summed E-state index contributed by atoms with van der Waals surface area (Å²) in [6, 6.07) is 13.6. The molecule has 7 nitrogen and oxygen atoms in total. The molecule has 2 amide bonds. The minimum atomic E-state index is -2.95. The summed E-state index contributed by atoms with van der Waals surface area (Å²) in [7, 11) is 0. The first-order valence-electron chi connectivity index (χ1n) is 11.7. The van der Waals surface area contributed by atoms with E-state index in [1.54, 1.807) is 0 Å². The van der Waals surface area contributed by atoms with Gasteiger partial charge in [0.2, 0.25) is 5.91 Å². The van der Waals surface area contributed by atoms with E-state index in [-0.39, 0.29) is 30.9 Å². The molecular weight excluding hydrogens is 458 g/mol. The van der Waals surface area contributed by atoms with Crippen LogP contribution in [-0.4, -0.2) is 48.2 Å². The number of rotatable bonds is 9. The average Bonchev–Trinajstić information content (AvgIpc) is 3.38. The normalized spacial score (nSPS) is 19.6. The lowest BCUT2D eigenvalue weighted by molar-refractivity contribution is -0.138. The maximum Gasteiger partial charge on any atom is 0.407 e. The van der Waals surface area contributed by atoms with Gasteiger partial charge in [0.15, 0.2) is 0 Å². The Kier molecular flexibility index (Phi) is 7.63. The zero-order valence-corrected chi connectivity index (χ0v) is 19.1. The summed E-state index contributed by atoms with van der Waals surface area (Å²) in [5.74, 6) is -1.76. The third kappa shape index (κ3) is 5.96. The van der Waals surface area contributed by atoms with Gasteiger partial charge in [0.25, 0.3) is 6.43 Å². The van der Waals surface area contributed by atoms with Crippen LogP contribution in [0.3, 0.4) is 0 Å². The molecule has 3 N–H and O–H groups in total. The van der Waals surface area contributed by atoms with E-state index in [4.69, 9.17) is 9.84 Å². The van der Waals surface area contributed by atoms with Crippen molar-refractivity contribution in [2.45, 2.75) is 56.5 Å². The maximum atomic E-state index is 13.6. The molecule has 0 bridgehead atoms. The Hall–Kier alpha value is -3.49. The highest BCUT2D eigenvalue weighted by atomic mass is 19.3. The number of amides is 2. The van der Waals surface area contributed by atoms with Crippen LogP contribution < -0.4 is 10.6 Å². The molecule has 0 aromatic heterocycles. The fourth-order valence-electron chi connectivity index (χ4n) is 5.12. The van der Waals surface area contributed by atoms with Crippen molar-refractivity contribution in [2.75, 3.05) is 6.61 Å². The van der Waals surface area contributed by atoms with Gasteiger partial charge in [0, 0.05) is 18.4 Å². The van der Waals surface area contributed by atoms with Crippen molar-refractivity contribution < 1.29 is 33.0 Å². The molecule has 186 valence electrons. The smallest absolute Gasteiger partial charge is 0.407 e. The minimum Gasteiger partial charge on any atom is -0.481 e. The minimum absolute atomic E-state index is 0.0188. The Morgan fingerprint density at radius 1 is 1.00 bits per heavy atom. The topological polar surface area (TPSA) is 105 Å². The Bertz CT molecular complexity index is 1050. The summed E-state index contributed by atoms with van der Waals surface area (Å²) < 4.78 is 32.4. The number of ether oxygens (including phenoxy) is 1. The van der Waals surface area contributed by atoms with Gasteiger partial charge in [0.1, 0.15) is 12.6 Å². The Balaban J connectivity index is 1.30. The van der Waals surface area contributed by atoms with Gasteiger partial charge in [-0.3, -0.25) is 9.59 Å². The van der Waals surface area contributed by atoms with E-state index < -0.39 is 36.9 Å². The Morgan fingerprint density at radius 3 is 2.23 bits per heavy atom. The van der Waals surface area contributed by atoms with Crippen molar-refractivity contribution in [3.05, 3.63) is 59.7 Å². The number of carboxylic acids is 1. The van der Waals surface area contributed by atoms with E-state index >= 15 is 0 Å². The van der Waals surface area contributed by atoms with Gasteiger partial charge < -0.3 is 20.5 Å². The van der Waals surface area contributed by atoms with Gasteiger partial charge in [-0.2, -0.15) is 0 Å². The van der Waals surface area contributed by atoms with Gasteiger partial charge in [-0.05, 0) is 47.4 Å². The van der Waals surface area contributed by atoms with Crippen LogP contribution in [0.2, 0.25) is 0 Å². The number of carboxylic acid groups (broad SMARTS) is 1. The summed E-state index contributed by atoms with van der Waals surface area (Å²) in [6.45, 7) is -0.0188. The predicted octanol–water partition coefficient (Wildman–Crippen LogP) is 4.31. The number of hydrogen-bond acceptors (Lipinski definition) is 4. The number of alkyl carbamates (subject to hydrolysis) is 1. The highest BCUT2D eigenvalue weighted by Crippen LogP contribution is 2.44. The molecule has 2 aliphatic carbocycles. The molecule has 0 saturated heterocycles. The van der Waals surface area contributed by atoms with Crippen LogP contribution >= 0.6 is 0 Å². The first-order chi connectivity index (χ1) is 16.8. The quantitative estimate of drug-likeness (QED) is 0.490. The van der Waals surface area contributed by atoms with E-state index in [1.807, 2.05) is 48.5 Å². The lowest BCUT2D eigenvalue weighted by Gasteiger charge is -2.20. The lowest BCUT2D eigenvalue weighted by Crippen LogP contribution is -2.45. The number of alkyl halides is 2. The molecule has 2 aromatic rings. The third-order valence-corrected chi connectivity index (χ3v) is 6.73. The van der Waals surface area contributed by atoms with Gasteiger partial charge in [0.05, 0.1) is 6.42 Å². The largest absolute Gasteiger partial charge is 0.481 e. The number of carbonyl (C=O) groups is 3. The zero-order valence-electron chi connectivity index (χ0n) is 19.1. The van der Waals surface area contributed by atoms with Crippen molar-refractivity contribution in [1.82, 2.24) is 10.6 Å². The number of hydrogen-bond donors (Lipinski definition) is 3. The molecule has 1 fully saturated rings. The summed E-state index contributed by atoms with van der Waals surface area (Å²) in [5, 5.41) is 13.7. The van der Waals surface area contributed by atoms with Gasteiger partial charge in [-0.1, -0.05) is 48.5 Å². The molecule has 0 heterocycles. The molecule has 2 aromatic carbocycles. The first kappa shape index (κ1) is 24.6. The highest BCUT2D eigenvalue weighted by molar-refractivity contribution is 5.80. The second kappa shape index (κ2) is 10.8. The summed E-state index contributed by atoms with van der Waals surface area (Å²) >= 11 is 0. The fourth-order valence-corrected chi connectivity index (χ4v) is 5.12. The van der Waals surface area contributed by atoms with Crippen molar-refractivity contribution in [3.63, 3.8) is 0 Å². The van der Waals surface area contributed by atoms with Crippen LogP contribution in [0.25, 0.3) is 11.1 Å². The van der Waals surface area contributed by atoms with Crippen LogP contribution in [-0.2, 0) is 14.3 Å². The van der Waals surface area contributed by atoms with E-state index in [2.05, 4.69) is 10.6 Å². The lowest BCUT2D eigenvalue weighted by atomic mass is 9.98. The molecule has 0 spiro atoms. The summed E-state index contributed by atoms with van der Waals surface area (Å²) in [6.07, 6.45) is -2.78. The number of carbonyl (C=O) groups excluding carboxylic acids is 2. The van der Waals surface area contributed by atoms with Gasteiger partial charge in [-0.15, -0.1) is 0 Å². The van der Waals surface area contributed by atoms with Crippen LogP contribution in [0, 0.1) is 5.92 Å². The number of halogens is 2. The third-order valence-electron chi connectivity index (χ3n) is 6.73. The molecule has 1 unspecified atom stereocenters. The van der Waals surface area contributed by atoms with E-state index in [0.29, 0.717) is 19.3 Å². The van der Waals surface area contributed by atoms with Crippen LogP contribution in [0.4, 0.5) is 13.6 Å². The predicted molar refractivity (Wildman–Crippen MR) is 124 cm³/mol. The van der Waals surface area contributed by atoms with Gasteiger partial charge >= 0.3 is 12.1 Å². The number of nitrogens with one attached hydrogen (secondary N) is 2. The molecular formula is C26H28F2N2O5. The number of benzene rings is 2. The van der Waals surface area contributed by atoms with E-state index in [1.165, 1.54) is 0 Å². The molecule has 0 aliphatic heterocycles. The van der Waals surface area contributed by atoms with E-state index in [9.17, 15) is 23.2 Å². The van der Waals surface area contributed by atoms with Crippen LogP contribution in [0.15, 0.2) is 48.5 Å². The Morgan fingerprint density at radius 2 is 1.63 bits per heavy atom. The van der Waals surface area contributed by atoms with E-state index in [0.717, 1.165) is 22.3 Å². The second-order valence-electron chi connectivity index (χ2n) is 9.16. The monoisotopic (exact) mass is 486 g/mol. The molecule has 9 heteroatoms. The first-order valence-corrected chi connectivity index (χ1v) is 11.7. The molecule has 2 aliphatic rings. The summed E-state index contributed by atoms with van der Waals surface area (Å²) in [5.41, 5.74) is 4.11. The number of fused-ring (bicyclic) bond motifs is 3. The molecule has 3 atom stereocenters. The molecule has 4 rings (SSSR count). The van der Waals surface area contributed by atoms with Crippen LogP contribution in [0.5, 0.6) is 0 Å². The summed E-state index contributed by atoms with van der Waals surface area (Å²) in [4.78, 5) is 35.5. The standard InChI is InChI=1S/C26H28F2N2O5/c27-25(28)22(13-23(31)29-16-10-9-15(11-16)12-24(32)33)30-26(34)35-14-21-19-7-3-1-5-17(19)18-6-2-4-8-20(18)21/h1-8,15-16,21-22,25H,9-14H2,(H,29,31)(H,30,34)(H,32,33)/t15-,16+,22?/m0/s1. The van der Waals surface area contributed by atoms with Gasteiger partial charge in [-0.25, -0.2) is 13.6 Å². The SMILES string of the molecule is O=C(O)C[C@H]1CC[C@@H](NC(=O)CC(NC(=O)OCC2c3ccccc3-c3ccccc32)C(F)F)C1. The second-order valence-corrected chi connectivity index (χ2v) is 9.16. The zero-order chi connectivity index (χ0) is 24.9. The maximum absolute atomic E-state index is 13.6. The molecule has 35 heavy (non-hydrogen) atoms. The fraction of sp³-hybridized carbons (Fsp3) is 0.423. The highest BCUT2D eigenvalue weighted by Gasteiger charge is 2.32. The van der Waals surface area contributed by atoms with Crippen molar-refractivity contribution in [3.8, 4) is 11.1 Å². The number of aliphatic carboxylic acids is 1. The average molecular weight is 487 g/mol.